The standard InChI is InChI=1S/C20H30N6/c1-16-13-20(26-19(22-16)7-8-21-26)25-14-18(15-25)24-11-9-23(10-12-24)17-5-3-2-4-6-17/h7-8,13,17-18H,2-6,9-12,14-15H2,1H3. The molecule has 4 heterocycles. The summed E-state index contributed by atoms with van der Waals surface area (Å²) in [5.41, 5.74) is 2.02. The van der Waals surface area contributed by atoms with Crippen LogP contribution in [0.3, 0.4) is 0 Å². The maximum absolute atomic E-state index is 4.56. The van der Waals surface area contributed by atoms with Crippen LogP contribution in [0.2, 0.25) is 0 Å². The second kappa shape index (κ2) is 6.82. The topological polar surface area (TPSA) is 39.9 Å². The zero-order valence-electron chi connectivity index (χ0n) is 15.8. The Bertz CT molecular complexity index is 751. The van der Waals surface area contributed by atoms with Gasteiger partial charge in [-0.25, -0.2) is 4.98 Å². The molecule has 2 aromatic rings. The van der Waals surface area contributed by atoms with E-state index in [9.17, 15) is 0 Å². The maximum atomic E-state index is 4.56. The number of hydrogen-bond acceptors (Lipinski definition) is 5. The number of anilines is 1. The van der Waals surface area contributed by atoms with Gasteiger partial charge in [-0.1, -0.05) is 19.3 Å². The van der Waals surface area contributed by atoms with Crippen molar-refractivity contribution in [2.45, 2.75) is 51.1 Å². The molecule has 0 N–H and O–H groups in total. The maximum Gasteiger partial charge on any atom is 0.157 e. The molecule has 1 aliphatic carbocycles. The van der Waals surface area contributed by atoms with E-state index in [0.717, 1.165) is 30.5 Å². The van der Waals surface area contributed by atoms with Gasteiger partial charge in [0.2, 0.25) is 0 Å². The second-order valence-electron chi connectivity index (χ2n) is 8.28. The second-order valence-corrected chi connectivity index (χ2v) is 8.28. The SMILES string of the molecule is Cc1cc(N2CC(N3CCN(C4CCCCC4)CC3)C2)n2nccc2n1. The Morgan fingerprint density at radius 1 is 0.923 bits per heavy atom. The fourth-order valence-corrected chi connectivity index (χ4v) is 5.03. The van der Waals surface area contributed by atoms with Crippen LogP contribution in [-0.4, -0.2) is 75.8 Å². The van der Waals surface area contributed by atoms with Crippen molar-refractivity contribution in [3.05, 3.63) is 24.0 Å². The van der Waals surface area contributed by atoms with Crippen molar-refractivity contribution in [3.63, 3.8) is 0 Å². The lowest BCUT2D eigenvalue weighted by atomic mass is 9.93. The van der Waals surface area contributed by atoms with Crippen LogP contribution in [-0.2, 0) is 0 Å². The van der Waals surface area contributed by atoms with Crippen LogP contribution >= 0.6 is 0 Å². The van der Waals surface area contributed by atoms with Crippen LogP contribution in [0.4, 0.5) is 5.82 Å². The first-order valence-corrected chi connectivity index (χ1v) is 10.3. The van der Waals surface area contributed by atoms with Crippen LogP contribution in [0.1, 0.15) is 37.8 Å². The Kier molecular flexibility index (Phi) is 4.33. The van der Waals surface area contributed by atoms with Gasteiger partial charge in [0.15, 0.2) is 5.65 Å². The number of nitrogens with zero attached hydrogens (tertiary/aromatic N) is 6. The summed E-state index contributed by atoms with van der Waals surface area (Å²) >= 11 is 0. The molecule has 2 saturated heterocycles. The fraction of sp³-hybridized carbons (Fsp3) is 0.700. The molecule has 0 spiro atoms. The number of hydrogen-bond donors (Lipinski definition) is 0. The molecule has 6 heteroatoms. The molecule has 5 rings (SSSR count). The Balaban J connectivity index is 1.18. The molecular weight excluding hydrogens is 324 g/mol. The molecular formula is C20H30N6. The first-order valence-electron chi connectivity index (χ1n) is 10.3. The average Bonchev–Trinajstić information content (AvgIpc) is 3.10. The third kappa shape index (κ3) is 2.99. The Morgan fingerprint density at radius 2 is 1.62 bits per heavy atom. The zero-order chi connectivity index (χ0) is 17.5. The molecule has 3 aliphatic rings. The van der Waals surface area contributed by atoms with Crippen molar-refractivity contribution in [1.29, 1.82) is 0 Å². The molecule has 0 bridgehead atoms. The molecule has 0 unspecified atom stereocenters. The Morgan fingerprint density at radius 3 is 2.35 bits per heavy atom. The van der Waals surface area contributed by atoms with Crippen LogP contribution in [0.5, 0.6) is 0 Å². The molecule has 26 heavy (non-hydrogen) atoms. The third-order valence-electron chi connectivity index (χ3n) is 6.61. The molecule has 6 nitrogen and oxygen atoms in total. The summed E-state index contributed by atoms with van der Waals surface area (Å²) in [5, 5.41) is 4.45. The van der Waals surface area contributed by atoms with Crippen LogP contribution < -0.4 is 4.90 Å². The largest absolute Gasteiger partial charge is 0.353 e. The molecule has 1 saturated carbocycles. The van der Waals surface area contributed by atoms with E-state index >= 15 is 0 Å². The van der Waals surface area contributed by atoms with Crippen LogP contribution in [0.15, 0.2) is 18.3 Å². The molecule has 2 aliphatic heterocycles. The van der Waals surface area contributed by atoms with Gasteiger partial charge in [0.1, 0.15) is 5.82 Å². The minimum atomic E-state index is 0.697. The van der Waals surface area contributed by atoms with E-state index in [1.165, 1.54) is 64.1 Å². The first kappa shape index (κ1) is 16.5. The highest BCUT2D eigenvalue weighted by atomic mass is 15.4. The van der Waals surface area contributed by atoms with Gasteiger partial charge in [0.25, 0.3) is 0 Å². The summed E-state index contributed by atoms with van der Waals surface area (Å²) in [7, 11) is 0. The van der Waals surface area contributed by atoms with Crippen molar-refractivity contribution in [2.75, 3.05) is 44.2 Å². The quantitative estimate of drug-likeness (QED) is 0.845. The highest BCUT2D eigenvalue weighted by Gasteiger charge is 2.35. The lowest BCUT2D eigenvalue weighted by molar-refractivity contribution is 0.0486. The van der Waals surface area contributed by atoms with Gasteiger partial charge in [-0.05, 0) is 19.8 Å². The molecule has 3 fully saturated rings. The van der Waals surface area contributed by atoms with Crippen molar-refractivity contribution < 1.29 is 0 Å². The van der Waals surface area contributed by atoms with Crippen LogP contribution in [0.25, 0.3) is 5.65 Å². The van der Waals surface area contributed by atoms with E-state index in [-0.39, 0.29) is 0 Å². The molecule has 2 aromatic heterocycles. The molecule has 0 atom stereocenters. The number of piperazine rings is 1. The van der Waals surface area contributed by atoms with Gasteiger partial charge in [0, 0.05) is 69.2 Å². The summed E-state index contributed by atoms with van der Waals surface area (Å²) < 4.78 is 1.98. The van der Waals surface area contributed by atoms with Crippen molar-refractivity contribution >= 4 is 11.5 Å². The van der Waals surface area contributed by atoms with E-state index in [0.29, 0.717) is 6.04 Å². The van der Waals surface area contributed by atoms with Gasteiger partial charge >= 0.3 is 0 Å². The fourth-order valence-electron chi connectivity index (χ4n) is 5.03. The highest BCUT2D eigenvalue weighted by molar-refractivity contribution is 5.52. The van der Waals surface area contributed by atoms with Crippen molar-refractivity contribution in [2.24, 2.45) is 0 Å². The number of fused-ring (bicyclic) bond motifs is 1. The minimum absolute atomic E-state index is 0.697. The monoisotopic (exact) mass is 354 g/mol. The normalized spacial score (nSPS) is 24.3. The summed E-state index contributed by atoms with van der Waals surface area (Å²) in [5.74, 6) is 1.19. The van der Waals surface area contributed by atoms with E-state index in [1.54, 1.807) is 0 Å². The minimum Gasteiger partial charge on any atom is -0.353 e. The van der Waals surface area contributed by atoms with Gasteiger partial charge in [-0.2, -0.15) is 9.61 Å². The third-order valence-corrected chi connectivity index (χ3v) is 6.61. The van der Waals surface area contributed by atoms with Gasteiger partial charge < -0.3 is 4.90 Å². The van der Waals surface area contributed by atoms with Crippen molar-refractivity contribution in [1.82, 2.24) is 24.4 Å². The predicted octanol–water partition coefficient (Wildman–Crippen LogP) is 2.18. The Labute approximate surface area is 155 Å². The smallest absolute Gasteiger partial charge is 0.157 e. The number of aryl methyl sites for hydroxylation is 1. The zero-order valence-corrected chi connectivity index (χ0v) is 15.8. The number of aromatic nitrogens is 3. The lowest BCUT2D eigenvalue weighted by Gasteiger charge is -2.50. The van der Waals surface area contributed by atoms with E-state index in [1.807, 2.05) is 16.8 Å². The van der Waals surface area contributed by atoms with E-state index in [4.69, 9.17) is 0 Å². The van der Waals surface area contributed by atoms with Crippen molar-refractivity contribution in [3.8, 4) is 0 Å². The van der Waals surface area contributed by atoms with Crippen LogP contribution in [0, 0.1) is 6.92 Å². The summed E-state index contributed by atoms with van der Waals surface area (Å²) in [4.78, 5) is 12.5. The molecule has 0 amide bonds. The van der Waals surface area contributed by atoms with E-state index < -0.39 is 0 Å². The summed E-state index contributed by atoms with van der Waals surface area (Å²) in [6.45, 7) is 9.29. The Hall–Kier alpha value is -1.66. The summed E-state index contributed by atoms with van der Waals surface area (Å²) in [6, 6.07) is 5.72. The lowest BCUT2D eigenvalue weighted by Crippen LogP contribution is -2.64. The number of rotatable bonds is 3. The van der Waals surface area contributed by atoms with Gasteiger partial charge in [0.05, 0.1) is 6.20 Å². The van der Waals surface area contributed by atoms with E-state index in [2.05, 4.69) is 37.8 Å². The highest BCUT2D eigenvalue weighted by Crippen LogP contribution is 2.27. The van der Waals surface area contributed by atoms with Gasteiger partial charge in [-0.15, -0.1) is 0 Å². The molecule has 0 radical (unpaired) electrons. The first-order chi connectivity index (χ1) is 12.8. The molecule has 0 aromatic carbocycles. The predicted molar refractivity (Wildman–Crippen MR) is 104 cm³/mol. The summed E-state index contributed by atoms with van der Waals surface area (Å²) in [6.07, 6.45) is 9.03. The van der Waals surface area contributed by atoms with Gasteiger partial charge in [-0.3, -0.25) is 9.80 Å². The molecule has 140 valence electrons. The average molecular weight is 355 g/mol.